The topological polar surface area (TPSA) is 111 Å². The average molecular weight is 360 g/mol. The van der Waals surface area contributed by atoms with E-state index < -0.39 is 10.0 Å². The second-order valence-corrected chi connectivity index (χ2v) is 7.69. The fraction of sp³-hybridized carbons (Fsp3) is 0.267. The van der Waals surface area contributed by atoms with Crippen molar-refractivity contribution in [3.8, 4) is 5.75 Å². The quantitative estimate of drug-likeness (QED) is 0.687. The summed E-state index contributed by atoms with van der Waals surface area (Å²) in [6, 6.07) is 7.11. The van der Waals surface area contributed by atoms with Crippen LogP contribution in [0.4, 0.5) is 11.6 Å². The molecule has 0 radical (unpaired) electrons. The Kier molecular flexibility index (Phi) is 3.68. The predicted molar refractivity (Wildman–Crippen MR) is 92.9 cm³/mol. The molecule has 25 heavy (non-hydrogen) atoms. The normalized spacial score (nSPS) is 14.4. The number of hydrogen-bond acceptors (Lipinski definition) is 7. The summed E-state index contributed by atoms with van der Waals surface area (Å²) in [5.41, 5.74) is 3.82. The molecule has 0 unspecified atom stereocenters. The van der Waals surface area contributed by atoms with Crippen LogP contribution in [0.2, 0.25) is 0 Å². The lowest BCUT2D eigenvalue weighted by Gasteiger charge is -2.10. The fourth-order valence-corrected chi connectivity index (χ4v) is 3.73. The van der Waals surface area contributed by atoms with Crippen molar-refractivity contribution in [2.45, 2.75) is 18.1 Å². The fourth-order valence-electron chi connectivity index (χ4n) is 2.40. The van der Waals surface area contributed by atoms with Gasteiger partial charge in [0.2, 0.25) is 10.0 Å². The number of nitrogens with zero attached hydrogens (tertiary/aromatic N) is 4. The molecular formula is C15H16N6O3S. The molecule has 2 heterocycles. The van der Waals surface area contributed by atoms with Gasteiger partial charge in [0.05, 0.1) is 24.1 Å². The molecular weight excluding hydrogens is 344 g/mol. The van der Waals surface area contributed by atoms with Crippen LogP contribution in [0.15, 0.2) is 36.8 Å². The Morgan fingerprint density at radius 1 is 1.20 bits per heavy atom. The summed E-state index contributed by atoms with van der Waals surface area (Å²) in [5, 5.41) is 4.87. The lowest BCUT2D eigenvalue weighted by molar-refractivity contribution is 0.415. The van der Waals surface area contributed by atoms with Crippen LogP contribution in [0, 0.1) is 0 Å². The van der Waals surface area contributed by atoms with Crippen LogP contribution < -0.4 is 14.9 Å². The molecule has 10 heteroatoms. The van der Waals surface area contributed by atoms with E-state index in [4.69, 9.17) is 4.74 Å². The van der Waals surface area contributed by atoms with E-state index in [0.29, 0.717) is 24.4 Å². The smallest absolute Gasteiger partial charge is 0.236 e. The Labute approximate surface area is 144 Å². The van der Waals surface area contributed by atoms with Crippen LogP contribution in [0.1, 0.15) is 12.8 Å². The van der Waals surface area contributed by atoms with Gasteiger partial charge < -0.3 is 4.74 Å². The van der Waals surface area contributed by atoms with Crippen LogP contribution in [0.25, 0.3) is 10.9 Å². The largest absolute Gasteiger partial charge is 0.497 e. The van der Waals surface area contributed by atoms with Crippen molar-refractivity contribution in [1.29, 1.82) is 0 Å². The molecule has 0 aliphatic heterocycles. The van der Waals surface area contributed by atoms with Crippen molar-refractivity contribution < 1.29 is 13.2 Å². The first-order chi connectivity index (χ1) is 12.0. The minimum Gasteiger partial charge on any atom is -0.497 e. The van der Waals surface area contributed by atoms with Gasteiger partial charge in [-0.25, -0.2) is 18.4 Å². The molecule has 2 aromatic heterocycles. The third-order valence-electron chi connectivity index (χ3n) is 3.88. The highest BCUT2D eigenvalue weighted by molar-refractivity contribution is 7.93. The maximum absolute atomic E-state index is 12.0. The van der Waals surface area contributed by atoms with Crippen LogP contribution in [-0.4, -0.2) is 40.6 Å². The van der Waals surface area contributed by atoms with E-state index in [1.807, 2.05) is 18.2 Å². The number of aromatic nitrogens is 4. The van der Waals surface area contributed by atoms with E-state index >= 15 is 0 Å². The minimum atomic E-state index is -3.37. The summed E-state index contributed by atoms with van der Waals surface area (Å²) in [4.78, 5) is 9.61. The van der Waals surface area contributed by atoms with Crippen LogP contribution >= 0.6 is 0 Å². The van der Waals surface area contributed by atoms with Gasteiger partial charge in [-0.1, -0.05) is 0 Å². The van der Waals surface area contributed by atoms with Crippen LogP contribution in [0.3, 0.4) is 0 Å². The van der Waals surface area contributed by atoms with Gasteiger partial charge in [0.25, 0.3) is 0 Å². The standard InChI is InChI=1S/C15H16N6O3S/c1-24-11-3-2-10-8-18-21(13(10)6-11)19-14-7-15(17-9-16-14)20-25(22,23)12-4-5-12/h2-3,6-9,12H,4-5H2,1H3,(H2,16,17,19,20). The number of fused-ring (bicyclic) bond motifs is 1. The molecule has 1 aromatic carbocycles. The SMILES string of the molecule is COc1ccc2cnn(Nc3cc(NS(=O)(=O)C4CC4)ncn3)c2c1. The highest BCUT2D eigenvalue weighted by Gasteiger charge is 2.36. The van der Waals surface area contributed by atoms with E-state index in [-0.39, 0.29) is 11.1 Å². The van der Waals surface area contributed by atoms with Crippen molar-refractivity contribution >= 4 is 32.6 Å². The Bertz CT molecular complexity index is 1030. The van der Waals surface area contributed by atoms with Crippen molar-refractivity contribution in [3.63, 3.8) is 0 Å². The van der Waals surface area contributed by atoms with E-state index in [2.05, 4.69) is 25.2 Å². The van der Waals surface area contributed by atoms with Crippen molar-refractivity contribution in [1.82, 2.24) is 19.9 Å². The molecule has 4 rings (SSSR count). The van der Waals surface area contributed by atoms with E-state index in [0.717, 1.165) is 10.9 Å². The van der Waals surface area contributed by atoms with Crippen molar-refractivity contribution in [3.05, 3.63) is 36.8 Å². The second kappa shape index (κ2) is 5.88. The highest BCUT2D eigenvalue weighted by Crippen LogP contribution is 2.29. The van der Waals surface area contributed by atoms with Gasteiger partial charge in [-0.05, 0) is 25.0 Å². The Hall–Kier alpha value is -2.88. The van der Waals surface area contributed by atoms with Crippen LogP contribution in [-0.2, 0) is 10.0 Å². The monoisotopic (exact) mass is 360 g/mol. The highest BCUT2D eigenvalue weighted by atomic mass is 32.2. The number of sulfonamides is 1. The zero-order valence-corrected chi connectivity index (χ0v) is 14.2. The molecule has 3 aromatic rings. The van der Waals surface area contributed by atoms with Crippen LogP contribution in [0.5, 0.6) is 5.75 Å². The summed E-state index contributed by atoms with van der Waals surface area (Å²) in [6.45, 7) is 0. The number of rotatable bonds is 6. The summed E-state index contributed by atoms with van der Waals surface area (Å²) in [7, 11) is -1.77. The number of nitrogens with one attached hydrogen (secondary N) is 2. The first-order valence-corrected chi connectivity index (χ1v) is 9.22. The van der Waals surface area contributed by atoms with Gasteiger partial charge in [0.15, 0.2) is 5.82 Å². The molecule has 2 N–H and O–H groups in total. The third kappa shape index (κ3) is 3.20. The lowest BCUT2D eigenvalue weighted by Crippen LogP contribution is -2.19. The van der Waals surface area contributed by atoms with Crippen molar-refractivity contribution in [2.75, 3.05) is 17.3 Å². The summed E-state index contributed by atoms with van der Waals surface area (Å²) in [5.74, 6) is 1.34. The Balaban J connectivity index is 1.60. The Morgan fingerprint density at radius 2 is 2.00 bits per heavy atom. The molecule has 0 amide bonds. The number of ether oxygens (including phenoxy) is 1. The number of benzene rings is 1. The van der Waals surface area contributed by atoms with E-state index in [9.17, 15) is 8.42 Å². The predicted octanol–water partition coefficient (Wildman–Crippen LogP) is 1.61. The third-order valence-corrected chi connectivity index (χ3v) is 5.72. The molecule has 1 aliphatic rings. The summed E-state index contributed by atoms with van der Waals surface area (Å²) in [6.07, 6.45) is 4.37. The lowest BCUT2D eigenvalue weighted by atomic mass is 10.2. The van der Waals surface area contributed by atoms with E-state index in [1.54, 1.807) is 18.1 Å². The maximum atomic E-state index is 12.0. The van der Waals surface area contributed by atoms with E-state index in [1.165, 1.54) is 12.4 Å². The molecule has 0 bridgehead atoms. The number of anilines is 2. The molecule has 130 valence electrons. The molecule has 1 saturated carbocycles. The van der Waals surface area contributed by atoms with Gasteiger partial charge in [-0.3, -0.25) is 10.1 Å². The van der Waals surface area contributed by atoms with Gasteiger partial charge in [0.1, 0.15) is 17.9 Å². The minimum absolute atomic E-state index is 0.221. The number of methoxy groups -OCH3 is 1. The average Bonchev–Trinajstić information content (AvgIpc) is 3.39. The van der Waals surface area contributed by atoms with Crippen molar-refractivity contribution in [2.24, 2.45) is 0 Å². The zero-order chi connectivity index (χ0) is 17.4. The molecule has 1 fully saturated rings. The molecule has 0 spiro atoms. The van der Waals surface area contributed by atoms with Gasteiger partial charge in [-0.2, -0.15) is 9.89 Å². The van der Waals surface area contributed by atoms with Gasteiger partial charge in [0, 0.05) is 17.5 Å². The summed E-state index contributed by atoms with van der Waals surface area (Å²) < 4.78 is 31.7. The van der Waals surface area contributed by atoms with Gasteiger partial charge >= 0.3 is 0 Å². The maximum Gasteiger partial charge on any atom is 0.236 e. The van der Waals surface area contributed by atoms with Gasteiger partial charge in [-0.15, -0.1) is 0 Å². The molecule has 1 aliphatic carbocycles. The molecule has 9 nitrogen and oxygen atoms in total. The first-order valence-electron chi connectivity index (χ1n) is 7.68. The Morgan fingerprint density at radius 3 is 2.76 bits per heavy atom. The molecule has 0 atom stereocenters. The summed E-state index contributed by atoms with van der Waals surface area (Å²) >= 11 is 0. The first kappa shape index (κ1) is 15.6. The molecule has 0 saturated heterocycles. The number of hydrogen-bond donors (Lipinski definition) is 2. The second-order valence-electron chi connectivity index (χ2n) is 5.73. The zero-order valence-electron chi connectivity index (χ0n) is 13.4.